The van der Waals surface area contributed by atoms with Crippen molar-refractivity contribution in [3.63, 3.8) is 0 Å². The standard InChI is InChI=1S/C24H24N4O3/c1-16(25-24(30)21-13-8-14-31-21)23(29)27-19(17-9-4-3-5-10-17)15-22-26-18-11-6-7-12-20(18)28(22)2/h3-14,16,19H,15H2,1-2H3,(H,25,30)(H,27,29)/t16-,19-/m1/s1. The lowest BCUT2D eigenvalue weighted by atomic mass is 10.0. The number of imidazole rings is 1. The summed E-state index contributed by atoms with van der Waals surface area (Å²) in [6.45, 7) is 1.65. The molecular formula is C24H24N4O3. The number of hydrogen-bond acceptors (Lipinski definition) is 4. The zero-order valence-corrected chi connectivity index (χ0v) is 17.4. The fourth-order valence-corrected chi connectivity index (χ4v) is 3.54. The molecule has 0 aliphatic heterocycles. The zero-order chi connectivity index (χ0) is 21.8. The van der Waals surface area contributed by atoms with Crippen LogP contribution in [-0.2, 0) is 18.3 Å². The van der Waals surface area contributed by atoms with Crippen LogP contribution in [0.25, 0.3) is 11.0 Å². The van der Waals surface area contributed by atoms with Crippen LogP contribution in [0.3, 0.4) is 0 Å². The maximum Gasteiger partial charge on any atom is 0.287 e. The van der Waals surface area contributed by atoms with Crippen molar-refractivity contribution in [1.29, 1.82) is 0 Å². The smallest absolute Gasteiger partial charge is 0.287 e. The van der Waals surface area contributed by atoms with Crippen molar-refractivity contribution in [3.8, 4) is 0 Å². The van der Waals surface area contributed by atoms with Crippen molar-refractivity contribution < 1.29 is 14.0 Å². The molecule has 2 aromatic carbocycles. The predicted molar refractivity (Wildman–Crippen MR) is 117 cm³/mol. The van der Waals surface area contributed by atoms with E-state index in [0.717, 1.165) is 22.4 Å². The van der Waals surface area contributed by atoms with Crippen molar-refractivity contribution in [2.75, 3.05) is 0 Å². The van der Waals surface area contributed by atoms with Crippen LogP contribution >= 0.6 is 0 Å². The number of benzene rings is 2. The molecule has 2 atom stereocenters. The van der Waals surface area contributed by atoms with Crippen LogP contribution in [-0.4, -0.2) is 27.4 Å². The molecule has 0 saturated carbocycles. The molecular weight excluding hydrogens is 392 g/mol. The number of furan rings is 1. The number of rotatable bonds is 7. The summed E-state index contributed by atoms with van der Waals surface area (Å²) in [5, 5.41) is 5.74. The van der Waals surface area contributed by atoms with Crippen LogP contribution in [0.1, 0.15) is 34.9 Å². The number of nitrogens with zero attached hydrogens (tertiary/aromatic N) is 2. The second kappa shape index (κ2) is 8.87. The van der Waals surface area contributed by atoms with Crippen molar-refractivity contribution >= 4 is 22.8 Å². The molecule has 0 aliphatic carbocycles. The van der Waals surface area contributed by atoms with Crippen LogP contribution < -0.4 is 10.6 Å². The summed E-state index contributed by atoms with van der Waals surface area (Å²) in [4.78, 5) is 29.9. The van der Waals surface area contributed by atoms with Gasteiger partial charge in [-0.3, -0.25) is 9.59 Å². The van der Waals surface area contributed by atoms with Gasteiger partial charge < -0.3 is 19.6 Å². The normalized spacial score (nSPS) is 13.0. The molecule has 4 aromatic rings. The van der Waals surface area contributed by atoms with Crippen LogP contribution in [0.15, 0.2) is 77.4 Å². The second-order valence-electron chi connectivity index (χ2n) is 7.42. The lowest BCUT2D eigenvalue weighted by Crippen LogP contribution is -2.46. The molecule has 7 heteroatoms. The minimum atomic E-state index is -0.732. The third-order valence-corrected chi connectivity index (χ3v) is 5.27. The number of aryl methyl sites for hydroxylation is 1. The van der Waals surface area contributed by atoms with Crippen LogP contribution in [0.2, 0.25) is 0 Å². The fourth-order valence-electron chi connectivity index (χ4n) is 3.54. The van der Waals surface area contributed by atoms with Gasteiger partial charge in [0.2, 0.25) is 5.91 Å². The van der Waals surface area contributed by atoms with Gasteiger partial charge in [-0.1, -0.05) is 42.5 Å². The Balaban J connectivity index is 1.53. The maximum absolute atomic E-state index is 12.9. The third-order valence-electron chi connectivity index (χ3n) is 5.27. The Morgan fingerprint density at radius 1 is 1.00 bits per heavy atom. The zero-order valence-electron chi connectivity index (χ0n) is 17.4. The lowest BCUT2D eigenvalue weighted by Gasteiger charge is -2.22. The number of aromatic nitrogens is 2. The van der Waals surface area contributed by atoms with Gasteiger partial charge in [-0.15, -0.1) is 0 Å². The molecule has 0 fully saturated rings. The predicted octanol–water partition coefficient (Wildman–Crippen LogP) is 3.38. The molecule has 7 nitrogen and oxygen atoms in total. The number of para-hydroxylation sites is 2. The van der Waals surface area contributed by atoms with E-state index in [1.807, 2.05) is 66.2 Å². The topological polar surface area (TPSA) is 89.2 Å². The van der Waals surface area contributed by atoms with Gasteiger partial charge in [-0.2, -0.15) is 0 Å². The maximum atomic E-state index is 12.9. The van der Waals surface area contributed by atoms with Gasteiger partial charge >= 0.3 is 0 Å². The highest BCUT2D eigenvalue weighted by atomic mass is 16.3. The number of amides is 2. The highest BCUT2D eigenvalue weighted by Crippen LogP contribution is 2.21. The molecule has 0 aliphatic rings. The third kappa shape index (κ3) is 4.50. The molecule has 4 rings (SSSR count). The van der Waals surface area contributed by atoms with Gasteiger partial charge in [0.25, 0.3) is 5.91 Å². The number of carbonyl (C=O) groups is 2. The molecule has 0 saturated heterocycles. The van der Waals surface area contributed by atoms with E-state index in [1.165, 1.54) is 6.26 Å². The van der Waals surface area contributed by atoms with Gasteiger partial charge in [-0.05, 0) is 36.8 Å². The van der Waals surface area contributed by atoms with Crippen LogP contribution in [0.5, 0.6) is 0 Å². The average Bonchev–Trinajstić information content (AvgIpc) is 3.43. The van der Waals surface area contributed by atoms with Gasteiger partial charge in [-0.25, -0.2) is 4.98 Å². The first-order valence-corrected chi connectivity index (χ1v) is 10.1. The van der Waals surface area contributed by atoms with E-state index in [-0.39, 0.29) is 17.7 Å². The number of hydrogen-bond donors (Lipinski definition) is 2. The van der Waals surface area contributed by atoms with E-state index in [9.17, 15) is 9.59 Å². The van der Waals surface area contributed by atoms with Crippen LogP contribution in [0, 0.1) is 0 Å². The number of fused-ring (bicyclic) bond motifs is 1. The molecule has 2 aromatic heterocycles. The summed E-state index contributed by atoms with van der Waals surface area (Å²) in [5.74, 6) is 0.313. The molecule has 0 radical (unpaired) electrons. The molecule has 0 unspecified atom stereocenters. The van der Waals surface area contributed by atoms with Gasteiger partial charge in [0.15, 0.2) is 5.76 Å². The van der Waals surface area contributed by atoms with E-state index < -0.39 is 11.9 Å². The van der Waals surface area contributed by atoms with E-state index in [2.05, 4.69) is 10.6 Å². The quantitative estimate of drug-likeness (QED) is 0.483. The SMILES string of the molecule is C[C@@H](NC(=O)c1ccco1)C(=O)N[C@H](Cc1nc2ccccc2n1C)c1ccccc1. The van der Waals surface area contributed by atoms with Gasteiger partial charge in [0, 0.05) is 13.5 Å². The molecule has 0 bridgehead atoms. The minimum absolute atomic E-state index is 0.166. The van der Waals surface area contributed by atoms with Gasteiger partial charge in [0.05, 0.1) is 23.3 Å². The summed E-state index contributed by atoms with van der Waals surface area (Å²) in [6.07, 6.45) is 1.93. The van der Waals surface area contributed by atoms with E-state index in [4.69, 9.17) is 9.40 Å². The Labute approximate surface area is 180 Å². The van der Waals surface area contributed by atoms with Gasteiger partial charge in [0.1, 0.15) is 11.9 Å². The first-order valence-electron chi connectivity index (χ1n) is 10.1. The van der Waals surface area contributed by atoms with E-state index in [0.29, 0.717) is 6.42 Å². The van der Waals surface area contributed by atoms with E-state index in [1.54, 1.807) is 19.1 Å². The highest BCUT2D eigenvalue weighted by Gasteiger charge is 2.23. The van der Waals surface area contributed by atoms with Crippen LogP contribution in [0.4, 0.5) is 0 Å². The molecule has 2 amide bonds. The monoisotopic (exact) mass is 416 g/mol. The summed E-state index contributed by atoms with van der Waals surface area (Å²) >= 11 is 0. The number of carbonyl (C=O) groups excluding carboxylic acids is 2. The summed E-state index contributed by atoms with van der Waals surface area (Å²) < 4.78 is 7.13. The highest BCUT2D eigenvalue weighted by molar-refractivity contribution is 5.95. The molecule has 2 N–H and O–H groups in total. The summed E-state index contributed by atoms with van der Waals surface area (Å²) in [5.41, 5.74) is 2.92. The Bertz CT molecular complexity index is 1180. The van der Waals surface area contributed by atoms with Crippen molar-refractivity contribution in [2.45, 2.75) is 25.4 Å². The minimum Gasteiger partial charge on any atom is -0.459 e. The average molecular weight is 416 g/mol. The summed E-state index contributed by atoms with van der Waals surface area (Å²) in [7, 11) is 1.97. The Morgan fingerprint density at radius 2 is 1.74 bits per heavy atom. The van der Waals surface area contributed by atoms with Crippen molar-refractivity contribution in [2.24, 2.45) is 7.05 Å². The van der Waals surface area contributed by atoms with Crippen molar-refractivity contribution in [1.82, 2.24) is 20.2 Å². The Morgan fingerprint density at radius 3 is 2.45 bits per heavy atom. The second-order valence-corrected chi connectivity index (χ2v) is 7.42. The molecule has 158 valence electrons. The molecule has 2 heterocycles. The first kappa shape index (κ1) is 20.4. The van der Waals surface area contributed by atoms with E-state index >= 15 is 0 Å². The summed E-state index contributed by atoms with van der Waals surface area (Å²) in [6, 6.07) is 19.8. The molecule has 0 spiro atoms. The number of nitrogens with one attached hydrogen (secondary N) is 2. The Hall–Kier alpha value is -3.87. The Kier molecular flexibility index (Phi) is 5.84. The van der Waals surface area contributed by atoms with Crippen molar-refractivity contribution in [3.05, 3.63) is 90.1 Å². The largest absolute Gasteiger partial charge is 0.459 e. The lowest BCUT2D eigenvalue weighted by molar-refractivity contribution is -0.123. The molecule has 31 heavy (non-hydrogen) atoms. The fraction of sp³-hybridized carbons (Fsp3) is 0.208. The first-order chi connectivity index (χ1) is 15.0.